The first-order valence-corrected chi connectivity index (χ1v) is 23.8. The normalized spacial score (nSPS) is 13.9. The molecule has 0 radical (unpaired) electrons. The number of hydrogen-bond acceptors (Lipinski definition) is 2. The minimum Gasteiger partial charge on any atom is -0.309 e. The minimum atomic E-state index is 0.0302. The molecule has 69 heavy (non-hydrogen) atoms. The van der Waals surface area contributed by atoms with E-state index >= 15 is 0 Å². The summed E-state index contributed by atoms with van der Waals surface area (Å²) < 4.78 is 7.46. The van der Waals surface area contributed by atoms with E-state index in [1.807, 2.05) is 6.07 Å². The number of hydrogen-bond donors (Lipinski definition) is 0. The highest BCUT2D eigenvalue weighted by Crippen LogP contribution is 2.47. The van der Waals surface area contributed by atoms with Gasteiger partial charge in [0.05, 0.1) is 44.5 Å². The third kappa shape index (κ3) is 6.24. The molecule has 0 amide bonds. The van der Waals surface area contributed by atoms with Crippen molar-refractivity contribution in [2.45, 2.75) is 12.3 Å². The second-order valence-electron chi connectivity index (χ2n) is 18.1. The molecule has 324 valence electrons. The van der Waals surface area contributed by atoms with E-state index in [9.17, 15) is 0 Å². The van der Waals surface area contributed by atoms with E-state index in [0.717, 1.165) is 62.9 Å². The molecule has 0 bridgehead atoms. The van der Waals surface area contributed by atoms with Crippen LogP contribution in [0.3, 0.4) is 0 Å². The Kier molecular flexibility index (Phi) is 8.96. The lowest BCUT2D eigenvalue weighted by Crippen LogP contribution is -2.07. The Morgan fingerprint density at radius 3 is 1.52 bits per heavy atom. The van der Waals surface area contributed by atoms with Crippen LogP contribution in [0.15, 0.2) is 243 Å². The predicted molar refractivity (Wildman–Crippen MR) is 287 cm³/mol. The molecule has 1 aliphatic rings. The summed E-state index contributed by atoms with van der Waals surface area (Å²) in [5.74, 6) is 0.768. The van der Waals surface area contributed by atoms with Crippen molar-refractivity contribution in [2.24, 2.45) is 0 Å². The lowest BCUT2D eigenvalue weighted by atomic mass is 9.94. The van der Waals surface area contributed by atoms with Crippen LogP contribution in [0.2, 0.25) is 0 Å². The summed E-state index contributed by atoms with van der Waals surface area (Å²) in [5, 5.41) is 7.35. The first-order chi connectivity index (χ1) is 34.2. The van der Waals surface area contributed by atoms with Gasteiger partial charge in [0.25, 0.3) is 0 Å². The zero-order chi connectivity index (χ0) is 45.4. The summed E-state index contributed by atoms with van der Waals surface area (Å²) in [6, 6.07) is 80.8. The Bertz CT molecular complexity index is 4120. The number of benzene rings is 9. The molecule has 9 aromatic carbocycles. The maximum absolute atomic E-state index is 5.29. The molecule has 5 nitrogen and oxygen atoms in total. The first-order valence-electron chi connectivity index (χ1n) is 23.8. The van der Waals surface area contributed by atoms with Gasteiger partial charge in [0, 0.05) is 66.4 Å². The van der Waals surface area contributed by atoms with Crippen molar-refractivity contribution >= 4 is 71.1 Å². The number of nitrogens with zero attached hydrogens (tertiary/aromatic N) is 5. The molecule has 1 unspecified atom stereocenters. The van der Waals surface area contributed by atoms with Gasteiger partial charge in [-0.25, -0.2) is 9.97 Å². The van der Waals surface area contributed by atoms with Crippen LogP contribution in [-0.4, -0.2) is 23.7 Å². The topological polar surface area (TPSA) is 40.6 Å². The van der Waals surface area contributed by atoms with Crippen molar-refractivity contribution in [3.05, 3.63) is 248 Å². The van der Waals surface area contributed by atoms with E-state index < -0.39 is 0 Å². The van der Waals surface area contributed by atoms with Gasteiger partial charge in [0.1, 0.15) is 0 Å². The third-order valence-corrected chi connectivity index (χ3v) is 14.1. The maximum Gasteiger partial charge on any atom is 0.160 e. The zero-order valence-corrected chi connectivity index (χ0v) is 37.6. The van der Waals surface area contributed by atoms with E-state index in [-0.39, 0.29) is 5.92 Å². The molecule has 0 aliphatic heterocycles. The van der Waals surface area contributed by atoms with Gasteiger partial charge >= 0.3 is 0 Å². The minimum absolute atomic E-state index is 0.0302. The smallest absolute Gasteiger partial charge is 0.160 e. The van der Waals surface area contributed by atoms with Crippen LogP contribution in [0.1, 0.15) is 18.0 Å². The van der Waals surface area contributed by atoms with E-state index in [4.69, 9.17) is 9.97 Å². The molecule has 4 heterocycles. The summed E-state index contributed by atoms with van der Waals surface area (Å²) in [4.78, 5) is 10.4. The number of allylic oxidation sites excluding steroid dienone is 4. The Hall–Kier alpha value is -9.06. The Morgan fingerprint density at radius 1 is 0.377 bits per heavy atom. The fourth-order valence-corrected chi connectivity index (χ4v) is 11.1. The molecule has 14 rings (SSSR count). The molecule has 0 spiro atoms. The van der Waals surface area contributed by atoms with E-state index in [1.165, 1.54) is 65.5 Å². The fraction of sp³-hybridized carbons (Fsp3) is 0.0312. The molecule has 0 saturated carbocycles. The predicted octanol–water partition coefficient (Wildman–Crippen LogP) is 16.4. The van der Waals surface area contributed by atoms with Crippen molar-refractivity contribution in [1.29, 1.82) is 0 Å². The summed E-state index contributed by atoms with van der Waals surface area (Å²) in [6.45, 7) is 0. The van der Waals surface area contributed by atoms with Crippen LogP contribution in [0.5, 0.6) is 0 Å². The van der Waals surface area contributed by atoms with E-state index in [1.54, 1.807) is 0 Å². The molecule has 0 saturated heterocycles. The number of rotatable bonds is 7. The van der Waals surface area contributed by atoms with Gasteiger partial charge in [-0.05, 0) is 78.2 Å². The van der Waals surface area contributed by atoms with Gasteiger partial charge in [0.15, 0.2) is 5.82 Å². The molecular formula is C64H43N5. The van der Waals surface area contributed by atoms with Gasteiger partial charge < -0.3 is 13.7 Å². The Balaban J connectivity index is 1.04. The van der Waals surface area contributed by atoms with E-state index in [0.29, 0.717) is 0 Å². The molecule has 5 heteroatoms. The molecule has 13 aromatic rings. The largest absolute Gasteiger partial charge is 0.309 e. The number of aromatic nitrogens is 5. The van der Waals surface area contributed by atoms with Crippen LogP contribution in [0.4, 0.5) is 0 Å². The summed E-state index contributed by atoms with van der Waals surface area (Å²) >= 11 is 0. The van der Waals surface area contributed by atoms with Crippen LogP contribution < -0.4 is 0 Å². The fourth-order valence-electron chi connectivity index (χ4n) is 11.1. The standard InChI is InChI=1S/C64H43N5/c1-5-18-42(19-6-1)43-32-34-48(35-33-43)69-62-50(36-38-58-60(62)52-28-13-15-30-56(52)67(58)47-25-11-4-12-26-47)51-37-39-59-61(63(51)69)53-29-14-16-31-57(53)68(59)49-27-17-24-46(40-49)55-41-54(44-20-7-2-8-21-44)65-64(66-55)45-22-9-3-10-23-45/h1-23,25-41,46H,24H2. The van der Waals surface area contributed by atoms with Crippen LogP contribution in [0.25, 0.3) is 116 Å². The van der Waals surface area contributed by atoms with Crippen molar-refractivity contribution < 1.29 is 0 Å². The van der Waals surface area contributed by atoms with Gasteiger partial charge in [-0.15, -0.1) is 0 Å². The highest BCUT2D eigenvalue weighted by molar-refractivity contribution is 6.31. The molecule has 1 atom stereocenters. The average Bonchev–Trinajstić information content (AvgIpc) is 4.07. The molecular weight excluding hydrogens is 839 g/mol. The van der Waals surface area contributed by atoms with Crippen molar-refractivity contribution in [2.75, 3.05) is 0 Å². The van der Waals surface area contributed by atoms with Gasteiger partial charge in [0.2, 0.25) is 0 Å². The summed E-state index contributed by atoms with van der Waals surface area (Å²) in [7, 11) is 0. The van der Waals surface area contributed by atoms with Crippen molar-refractivity contribution in [3.63, 3.8) is 0 Å². The quantitative estimate of drug-likeness (QED) is 0.160. The first kappa shape index (κ1) is 39.1. The second-order valence-corrected chi connectivity index (χ2v) is 18.1. The monoisotopic (exact) mass is 881 g/mol. The van der Waals surface area contributed by atoms with Crippen LogP contribution in [-0.2, 0) is 0 Å². The highest BCUT2D eigenvalue weighted by Gasteiger charge is 2.26. The Morgan fingerprint density at radius 2 is 0.884 bits per heavy atom. The maximum atomic E-state index is 5.29. The van der Waals surface area contributed by atoms with E-state index in [2.05, 4.69) is 250 Å². The van der Waals surface area contributed by atoms with Crippen molar-refractivity contribution in [1.82, 2.24) is 23.7 Å². The molecule has 0 fully saturated rings. The molecule has 1 aliphatic carbocycles. The molecule has 0 N–H and O–H groups in total. The Labute approximate surface area is 398 Å². The molecule has 4 aromatic heterocycles. The lowest BCUT2D eigenvalue weighted by Gasteiger charge is -2.20. The lowest BCUT2D eigenvalue weighted by molar-refractivity contribution is 0.808. The SMILES string of the molecule is C1=CC(n2c3ccccc3c3c2ccc2c4ccc5c(c6ccccc6n5-c5ccccc5)c4n(-c4ccc(-c5ccccc5)cc4)c23)=CC(c2cc(-c3ccccc3)nc(-c3ccccc3)n2)C1. The zero-order valence-electron chi connectivity index (χ0n) is 37.6. The second kappa shape index (κ2) is 15.8. The number of fused-ring (bicyclic) bond motifs is 11. The summed E-state index contributed by atoms with van der Waals surface area (Å²) in [5.41, 5.74) is 16.9. The van der Waals surface area contributed by atoms with Crippen LogP contribution >= 0.6 is 0 Å². The van der Waals surface area contributed by atoms with Gasteiger partial charge in [-0.3, -0.25) is 0 Å². The number of para-hydroxylation sites is 3. The van der Waals surface area contributed by atoms with Gasteiger partial charge in [-0.2, -0.15) is 0 Å². The van der Waals surface area contributed by atoms with Crippen molar-refractivity contribution in [3.8, 4) is 45.1 Å². The van der Waals surface area contributed by atoms with Crippen LogP contribution in [0, 0.1) is 0 Å². The summed E-state index contributed by atoms with van der Waals surface area (Å²) in [6.07, 6.45) is 7.87. The highest BCUT2D eigenvalue weighted by atomic mass is 15.0. The average molecular weight is 882 g/mol. The third-order valence-electron chi connectivity index (χ3n) is 14.1. The van der Waals surface area contributed by atoms with Gasteiger partial charge in [-0.1, -0.05) is 182 Å².